The topological polar surface area (TPSA) is 60.3 Å². The minimum atomic E-state index is 0.435. The molecule has 6 heteroatoms. The standard InChI is InChI=1S/C17H12N4OS/c1-2-6-12(7-3-1)10-23-17-19-16-15(20-21-17)13-8-4-5-9-14(13)18-11-22-16/h1-9,11H,10H2. The van der Waals surface area contributed by atoms with Gasteiger partial charge in [0.05, 0.1) is 5.69 Å². The molecule has 0 bridgehead atoms. The molecule has 1 aliphatic heterocycles. The summed E-state index contributed by atoms with van der Waals surface area (Å²) in [6.45, 7) is 0. The fourth-order valence-electron chi connectivity index (χ4n) is 2.25. The van der Waals surface area contributed by atoms with E-state index in [4.69, 9.17) is 4.74 Å². The SMILES string of the molecule is C1=Nc2ccccc2-c2nnc(SCc3ccccc3)nc2O1. The Kier molecular flexibility index (Phi) is 3.73. The first-order valence-corrected chi connectivity index (χ1v) is 8.09. The Morgan fingerprint density at radius 3 is 2.65 bits per heavy atom. The van der Waals surface area contributed by atoms with Crippen LogP contribution in [0.25, 0.3) is 11.3 Å². The maximum absolute atomic E-state index is 5.51. The Bertz CT molecular complexity index is 867. The number of aliphatic imine (C=N–C) groups is 1. The van der Waals surface area contributed by atoms with Crippen LogP contribution >= 0.6 is 11.8 Å². The van der Waals surface area contributed by atoms with Gasteiger partial charge in [-0.1, -0.05) is 60.3 Å². The van der Waals surface area contributed by atoms with E-state index in [1.54, 1.807) is 0 Å². The summed E-state index contributed by atoms with van der Waals surface area (Å²) >= 11 is 1.53. The number of benzene rings is 2. The summed E-state index contributed by atoms with van der Waals surface area (Å²) in [5.74, 6) is 1.22. The lowest BCUT2D eigenvalue weighted by Gasteiger charge is -2.06. The van der Waals surface area contributed by atoms with Crippen molar-refractivity contribution in [1.82, 2.24) is 15.2 Å². The number of fused-ring (bicyclic) bond motifs is 3. The predicted molar refractivity (Wildman–Crippen MR) is 90.0 cm³/mol. The fourth-order valence-corrected chi connectivity index (χ4v) is 2.99. The van der Waals surface area contributed by atoms with Crippen molar-refractivity contribution in [2.75, 3.05) is 0 Å². The Morgan fingerprint density at radius 1 is 0.913 bits per heavy atom. The number of ether oxygens (including phenoxy) is 1. The summed E-state index contributed by atoms with van der Waals surface area (Å²) in [5, 5.41) is 9.09. The second kappa shape index (κ2) is 6.18. The summed E-state index contributed by atoms with van der Waals surface area (Å²) in [4.78, 5) is 8.73. The molecular formula is C17H12N4OS. The van der Waals surface area contributed by atoms with Gasteiger partial charge in [0.15, 0.2) is 12.1 Å². The average Bonchev–Trinajstić information content (AvgIpc) is 2.80. The molecule has 2 heterocycles. The summed E-state index contributed by atoms with van der Waals surface area (Å²) < 4.78 is 5.51. The number of para-hydroxylation sites is 1. The number of thioether (sulfide) groups is 1. The van der Waals surface area contributed by atoms with E-state index in [9.17, 15) is 0 Å². The van der Waals surface area contributed by atoms with E-state index in [0.717, 1.165) is 17.0 Å². The van der Waals surface area contributed by atoms with E-state index in [0.29, 0.717) is 16.7 Å². The molecule has 0 atom stereocenters. The molecule has 0 N–H and O–H groups in total. The number of aromatic nitrogens is 3. The third kappa shape index (κ3) is 2.93. The number of rotatable bonds is 3. The van der Waals surface area contributed by atoms with Gasteiger partial charge in [-0.05, 0) is 11.6 Å². The van der Waals surface area contributed by atoms with Crippen molar-refractivity contribution in [3.8, 4) is 17.1 Å². The Balaban J connectivity index is 1.62. The first-order valence-electron chi connectivity index (χ1n) is 7.10. The molecule has 1 aliphatic rings. The fraction of sp³-hybridized carbons (Fsp3) is 0.0588. The van der Waals surface area contributed by atoms with Gasteiger partial charge in [-0.3, -0.25) is 0 Å². The van der Waals surface area contributed by atoms with Crippen molar-refractivity contribution >= 4 is 23.8 Å². The normalized spacial score (nSPS) is 12.0. The highest BCUT2D eigenvalue weighted by Gasteiger charge is 2.18. The maximum atomic E-state index is 5.51. The van der Waals surface area contributed by atoms with Crippen LogP contribution in [-0.2, 0) is 5.75 Å². The molecule has 0 spiro atoms. The largest absolute Gasteiger partial charge is 0.425 e. The third-order valence-electron chi connectivity index (χ3n) is 3.36. The lowest BCUT2D eigenvalue weighted by atomic mass is 10.1. The number of hydrogen-bond donors (Lipinski definition) is 0. The molecule has 23 heavy (non-hydrogen) atoms. The highest BCUT2D eigenvalue weighted by molar-refractivity contribution is 7.98. The Labute approximate surface area is 137 Å². The van der Waals surface area contributed by atoms with Gasteiger partial charge < -0.3 is 4.74 Å². The minimum Gasteiger partial charge on any atom is -0.425 e. The number of nitrogens with zero attached hydrogens (tertiary/aromatic N) is 4. The monoisotopic (exact) mass is 320 g/mol. The highest BCUT2D eigenvalue weighted by Crippen LogP contribution is 2.35. The van der Waals surface area contributed by atoms with Crippen LogP contribution in [0.3, 0.4) is 0 Å². The molecule has 0 saturated heterocycles. The van der Waals surface area contributed by atoms with Crippen LogP contribution in [0.2, 0.25) is 0 Å². The first-order chi connectivity index (χ1) is 11.4. The molecule has 0 saturated carbocycles. The molecule has 4 rings (SSSR count). The maximum Gasteiger partial charge on any atom is 0.251 e. The zero-order valence-corrected chi connectivity index (χ0v) is 12.9. The van der Waals surface area contributed by atoms with E-state index >= 15 is 0 Å². The second-order valence-electron chi connectivity index (χ2n) is 4.89. The molecule has 0 aliphatic carbocycles. The van der Waals surface area contributed by atoms with E-state index in [1.807, 2.05) is 42.5 Å². The van der Waals surface area contributed by atoms with Gasteiger partial charge >= 0.3 is 0 Å². The van der Waals surface area contributed by atoms with Crippen molar-refractivity contribution < 1.29 is 4.74 Å². The zero-order valence-electron chi connectivity index (χ0n) is 12.1. The van der Waals surface area contributed by atoms with Crippen molar-refractivity contribution in [1.29, 1.82) is 0 Å². The van der Waals surface area contributed by atoms with Gasteiger partial charge in [0, 0.05) is 11.3 Å². The van der Waals surface area contributed by atoms with Crippen molar-refractivity contribution in [2.24, 2.45) is 4.99 Å². The molecule has 112 valence electrons. The van der Waals surface area contributed by atoms with Gasteiger partial charge in [0.2, 0.25) is 5.16 Å². The minimum absolute atomic E-state index is 0.435. The quantitative estimate of drug-likeness (QED) is 0.685. The summed E-state index contributed by atoms with van der Waals surface area (Å²) in [7, 11) is 0. The first kappa shape index (κ1) is 13.9. The molecule has 0 unspecified atom stereocenters. The van der Waals surface area contributed by atoms with Crippen LogP contribution in [0.5, 0.6) is 5.88 Å². The van der Waals surface area contributed by atoms with E-state index < -0.39 is 0 Å². The third-order valence-corrected chi connectivity index (χ3v) is 4.27. The van der Waals surface area contributed by atoms with Crippen LogP contribution < -0.4 is 4.74 Å². The zero-order chi connectivity index (χ0) is 15.5. The second-order valence-corrected chi connectivity index (χ2v) is 5.83. The lowest BCUT2D eigenvalue weighted by Crippen LogP contribution is -2.00. The van der Waals surface area contributed by atoms with Gasteiger partial charge in [0.25, 0.3) is 5.88 Å². The summed E-state index contributed by atoms with van der Waals surface area (Å²) in [6, 6.07) is 17.9. The van der Waals surface area contributed by atoms with Crippen LogP contribution in [0.4, 0.5) is 5.69 Å². The summed E-state index contributed by atoms with van der Waals surface area (Å²) in [6.07, 6.45) is 1.39. The molecule has 2 aromatic carbocycles. The number of hydrogen-bond acceptors (Lipinski definition) is 6. The van der Waals surface area contributed by atoms with Crippen LogP contribution in [0.1, 0.15) is 5.56 Å². The van der Waals surface area contributed by atoms with Crippen LogP contribution in [-0.4, -0.2) is 21.6 Å². The molecule has 3 aromatic rings. The van der Waals surface area contributed by atoms with E-state index in [2.05, 4.69) is 32.3 Å². The Hall–Kier alpha value is -2.73. The van der Waals surface area contributed by atoms with Gasteiger partial charge in [-0.15, -0.1) is 10.2 Å². The molecule has 0 radical (unpaired) electrons. The smallest absolute Gasteiger partial charge is 0.251 e. The van der Waals surface area contributed by atoms with Gasteiger partial charge in [0.1, 0.15) is 0 Å². The summed E-state index contributed by atoms with van der Waals surface area (Å²) in [5.41, 5.74) is 3.49. The molecule has 0 amide bonds. The average molecular weight is 320 g/mol. The van der Waals surface area contributed by atoms with Crippen molar-refractivity contribution in [3.05, 3.63) is 60.2 Å². The van der Waals surface area contributed by atoms with E-state index in [-0.39, 0.29) is 0 Å². The van der Waals surface area contributed by atoms with E-state index in [1.165, 1.54) is 23.7 Å². The van der Waals surface area contributed by atoms with Gasteiger partial charge in [-0.25, -0.2) is 4.99 Å². The van der Waals surface area contributed by atoms with Gasteiger partial charge in [-0.2, -0.15) is 4.98 Å². The molecule has 1 aromatic heterocycles. The van der Waals surface area contributed by atoms with Crippen LogP contribution in [0.15, 0.2) is 64.7 Å². The molecular weight excluding hydrogens is 308 g/mol. The van der Waals surface area contributed by atoms with Crippen LogP contribution in [0, 0.1) is 0 Å². The molecule has 5 nitrogen and oxygen atoms in total. The van der Waals surface area contributed by atoms with Crippen molar-refractivity contribution in [3.63, 3.8) is 0 Å². The van der Waals surface area contributed by atoms with Crippen molar-refractivity contribution in [2.45, 2.75) is 10.9 Å². The Morgan fingerprint density at radius 2 is 1.74 bits per heavy atom. The highest BCUT2D eigenvalue weighted by atomic mass is 32.2. The lowest BCUT2D eigenvalue weighted by molar-refractivity contribution is 0.533. The predicted octanol–water partition coefficient (Wildman–Crippen LogP) is 3.88. The molecule has 0 fully saturated rings.